The fourth-order valence-electron chi connectivity index (χ4n) is 3.25. The van der Waals surface area contributed by atoms with Crippen molar-refractivity contribution in [3.05, 3.63) is 64.7 Å². The number of halogens is 3. The summed E-state index contributed by atoms with van der Waals surface area (Å²) in [4.78, 5) is 49.7. The van der Waals surface area contributed by atoms with Crippen LogP contribution in [0.4, 0.5) is 18.9 Å². The molecule has 0 radical (unpaired) electrons. The smallest absolute Gasteiger partial charge is 0.385 e. The minimum absolute atomic E-state index is 0.0400. The molecule has 4 amide bonds. The van der Waals surface area contributed by atoms with Crippen molar-refractivity contribution in [1.29, 1.82) is 0 Å². The van der Waals surface area contributed by atoms with Crippen molar-refractivity contribution in [3.63, 3.8) is 0 Å². The van der Waals surface area contributed by atoms with Gasteiger partial charge in [-0.05, 0) is 42.3 Å². The van der Waals surface area contributed by atoms with Crippen LogP contribution in [0, 0.1) is 0 Å². The SMILES string of the molecule is COCCCN1C(=O)c2ccc(C(=O)NCc3cccc(NC(=O)C(F)(F)F)c3)cc2C1=O. The molecule has 0 aromatic heterocycles. The van der Waals surface area contributed by atoms with E-state index in [-0.39, 0.29) is 35.5 Å². The van der Waals surface area contributed by atoms with Crippen molar-refractivity contribution in [2.45, 2.75) is 19.1 Å². The number of fused-ring (bicyclic) bond motifs is 1. The first kappa shape index (κ1) is 23.9. The Morgan fingerprint density at radius 2 is 1.76 bits per heavy atom. The number of hydrogen-bond donors (Lipinski definition) is 2. The summed E-state index contributed by atoms with van der Waals surface area (Å²) >= 11 is 0. The molecule has 11 heteroatoms. The highest BCUT2D eigenvalue weighted by molar-refractivity contribution is 6.22. The lowest BCUT2D eigenvalue weighted by atomic mass is 10.1. The summed E-state index contributed by atoms with van der Waals surface area (Å²) in [6, 6.07) is 9.74. The Morgan fingerprint density at radius 1 is 1.03 bits per heavy atom. The van der Waals surface area contributed by atoms with E-state index in [0.29, 0.717) is 18.6 Å². The third kappa shape index (κ3) is 5.55. The molecule has 33 heavy (non-hydrogen) atoms. The monoisotopic (exact) mass is 463 g/mol. The number of ether oxygens (including phenoxy) is 1. The van der Waals surface area contributed by atoms with Gasteiger partial charge in [0.2, 0.25) is 0 Å². The van der Waals surface area contributed by atoms with Gasteiger partial charge in [-0.1, -0.05) is 12.1 Å². The normalized spacial score (nSPS) is 13.2. The first-order valence-electron chi connectivity index (χ1n) is 9.86. The maximum atomic E-state index is 12.6. The molecular weight excluding hydrogens is 443 g/mol. The van der Waals surface area contributed by atoms with Gasteiger partial charge in [-0.3, -0.25) is 24.1 Å². The maximum Gasteiger partial charge on any atom is 0.471 e. The summed E-state index contributed by atoms with van der Waals surface area (Å²) in [5.41, 5.74) is 0.860. The molecule has 0 saturated carbocycles. The highest BCUT2D eigenvalue weighted by Gasteiger charge is 2.38. The molecule has 0 bridgehead atoms. The van der Waals surface area contributed by atoms with Crippen LogP contribution in [0.5, 0.6) is 0 Å². The Labute approximate surface area is 186 Å². The molecule has 0 spiro atoms. The molecule has 2 aromatic carbocycles. The predicted octanol–water partition coefficient (Wildman–Crippen LogP) is 2.75. The van der Waals surface area contributed by atoms with Gasteiger partial charge < -0.3 is 15.4 Å². The van der Waals surface area contributed by atoms with E-state index in [2.05, 4.69) is 5.32 Å². The quantitative estimate of drug-likeness (QED) is 0.463. The van der Waals surface area contributed by atoms with Gasteiger partial charge in [-0.2, -0.15) is 13.2 Å². The topological polar surface area (TPSA) is 105 Å². The highest BCUT2D eigenvalue weighted by atomic mass is 19.4. The number of carbonyl (C=O) groups excluding carboxylic acids is 4. The van der Waals surface area contributed by atoms with Crippen molar-refractivity contribution >= 4 is 29.3 Å². The number of methoxy groups -OCH3 is 1. The Balaban J connectivity index is 1.65. The number of amides is 4. The van der Waals surface area contributed by atoms with Gasteiger partial charge in [0.25, 0.3) is 17.7 Å². The lowest BCUT2D eigenvalue weighted by Crippen LogP contribution is -2.31. The second-order valence-electron chi connectivity index (χ2n) is 7.20. The van der Waals surface area contributed by atoms with Crippen LogP contribution in [0.15, 0.2) is 42.5 Å². The fourth-order valence-corrected chi connectivity index (χ4v) is 3.25. The second-order valence-corrected chi connectivity index (χ2v) is 7.20. The highest BCUT2D eigenvalue weighted by Crippen LogP contribution is 2.24. The van der Waals surface area contributed by atoms with Gasteiger partial charge in [-0.25, -0.2) is 0 Å². The Morgan fingerprint density at radius 3 is 2.45 bits per heavy atom. The number of hydrogen-bond acceptors (Lipinski definition) is 5. The molecule has 0 atom stereocenters. The van der Waals surface area contributed by atoms with Crippen LogP contribution in [0.2, 0.25) is 0 Å². The summed E-state index contributed by atoms with van der Waals surface area (Å²) < 4.78 is 42.1. The fraction of sp³-hybridized carbons (Fsp3) is 0.273. The molecule has 0 saturated heterocycles. The van der Waals surface area contributed by atoms with E-state index in [4.69, 9.17) is 4.74 Å². The number of alkyl halides is 3. The van der Waals surface area contributed by atoms with E-state index in [0.717, 1.165) is 4.90 Å². The third-order valence-electron chi connectivity index (χ3n) is 4.86. The van der Waals surface area contributed by atoms with Crippen LogP contribution in [-0.4, -0.2) is 55.0 Å². The van der Waals surface area contributed by atoms with E-state index in [9.17, 15) is 32.3 Å². The summed E-state index contributed by atoms with van der Waals surface area (Å²) in [5, 5.41) is 4.34. The van der Waals surface area contributed by atoms with Crippen molar-refractivity contribution < 1.29 is 37.1 Å². The molecule has 2 aromatic rings. The number of nitrogens with one attached hydrogen (secondary N) is 2. The Hall–Kier alpha value is -3.73. The largest absolute Gasteiger partial charge is 0.471 e. The van der Waals surface area contributed by atoms with Crippen molar-refractivity contribution in [2.24, 2.45) is 0 Å². The van der Waals surface area contributed by atoms with Gasteiger partial charge in [-0.15, -0.1) is 0 Å². The van der Waals surface area contributed by atoms with Crippen LogP contribution in [0.25, 0.3) is 0 Å². The number of carbonyl (C=O) groups is 4. The van der Waals surface area contributed by atoms with Gasteiger partial charge in [0.15, 0.2) is 0 Å². The number of nitrogens with zero attached hydrogens (tertiary/aromatic N) is 1. The minimum atomic E-state index is -5.02. The summed E-state index contributed by atoms with van der Waals surface area (Å²) in [7, 11) is 1.52. The van der Waals surface area contributed by atoms with Crippen LogP contribution in [0.1, 0.15) is 43.1 Å². The van der Waals surface area contributed by atoms with E-state index >= 15 is 0 Å². The van der Waals surface area contributed by atoms with Gasteiger partial charge >= 0.3 is 12.1 Å². The van der Waals surface area contributed by atoms with Crippen LogP contribution in [0.3, 0.4) is 0 Å². The lowest BCUT2D eigenvalue weighted by molar-refractivity contribution is -0.167. The summed E-state index contributed by atoms with van der Waals surface area (Å²) in [6.45, 7) is 0.548. The molecule has 8 nitrogen and oxygen atoms in total. The molecule has 0 aliphatic carbocycles. The second kappa shape index (κ2) is 9.82. The van der Waals surface area contributed by atoms with E-state index < -0.39 is 29.8 Å². The molecule has 174 valence electrons. The molecule has 0 unspecified atom stereocenters. The van der Waals surface area contributed by atoms with E-state index in [1.807, 2.05) is 0 Å². The van der Waals surface area contributed by atoms with Gasteiger partial charge in [0.05, 0.1) is 11.1 Å². The number of rotatable bonds is 8. The predicted molar refractivity (Wildman–Crippen MR) is 111 cm³/mol. The number of imide groups is 1. The van der Waals surface area contributed by atoms with Crippen LogP contribution < -0.4 is 10.6 Å². The van der Waals surface area contributed by atoms with Crippen molar-refractivity contribution in [3.8, 4) is 0 Å². The summed E-state index contributed by atoms with van der Waals surface area (Å²) in [5.74, 6) is -3.57. The third-order valence-corrected chi connectivity index (χ3v) is 4.86. The van der Waals surface area contributed by atoms with Crippen LogP contribution in [-0.2, 0) is 16.1 Å². The molecule has 0 fully saturated rings. The molecule has 3 rings (SSSR count). The first-order chi connectivity index (χ1) is 15.6. The number of anilines is 1. The standard InChI is InChI=1S/C22H20F3N3O5/c1-33-9-3-8-28-19(30)16-7-6-14(11-17(16)20(28)31)18(29)26-12-13-4-2-5-15(10-13)27-21(32)22(23,24)25/h2,4-7,10-11H,3,8-9,12H2,1H3,(H,26,29)(H,27,32). The maximum absolute atomic E-state index is 12.6. The Bertz CT molecular complexity index is 1100. The van der Waals surface area contributed by atoms with E-state index in [1.165, 1.54) is 43.5 Å². The average Bonchev–Trinajstić information content (AvgIpc) is 3.01. The zero-order valence-electron chi connectivity index (χ0n) is 17.5. The molecular formula is C22H20F3N3O5. The van der Waals surface area contributed by atoms with Crippen molar-refractivity contribution in [2.75, 3.05) is 25.6 Å². The molecule has 1 aliphatic heterocycles. The molecule has 1 aliphatic rings. The van der Waals surface area contributed by atoms with Crippen molar-refractivity contribution in [1.82, 2.24) is 10.2 Å². The Kier molecular flexibility index (Phi) is 7.12. The zero-order valence-corrected chi connectivity index (χ0v) is 17.5. The molecule has 2 N–H and O–H groups in total. The minimum Gasteiger partial charge on any atom is -0.385 e. The first-order valence-corrected chi connectivity index (χ1v) is 9.86. The van der Waals surface area contributed by atoms with E-state index in [1.54, 1.807) is 11.4 Å². The number of benzene rings is 2. The van der Waals surface area contributed by atoms with Gasteiger partial charge in [0, 0.05) is 38.1 Å². The van der Waals surface area contributed by atoms with Crippen LogP contribution >= 0.6 is 0 Å². The molecule has 1 heterocycles. The zero-order chi connectivity index (χ0) is 24.2. The average molecular weight is 463 g/mol. The summed E-state index contributed by atoms with van der Waals surface area (Å²) in [6.07, 6.45) is -4.53. The van der Waals surface area contributed by atoms with Gasteiger partial charge in [0.1, 0.15) is 0 Å². The lowest BCUT2D eigenvalue weighted by Gasteiger charge is -2.12.